The molecule has 1 aliphatic heterocycles. The van der Waals surface area contributed by atoms with E-state index in [1.54, 1.807) is 0 Å². The van der Waals surface area contributed by atoms with Crippen LogP contribution in [0.1, 0.15) is 13.8 Å². The Morgan fingerprint density at radius 3 is 2.78 bits per heavy atom. The predicted molar refractivity (Wildman–Crippen MR) is 79.6 cm³/mol. The van der Waals surface area contributed by atoms with E-state index >= 15 is 0 Å². The van der Waals surface area contributed by atoms with Gasteiger partial charge in [0.1, 0.15) is 0 Å². The van der Waals surface area contributed by atoms with Crippen molar-refractivity contribution >= 4 is 11.4 Å². The van der Waals surface area contributed by atoms with Crippen molar-refractivity contribution in [2.24, 2.45) is 5.92 Å². The number of hydrogen-bond acceptors (Lipinski definition) is 3. The van der Waals surface area contributed by atoms with Crippen LogP contribution in [0.3, 0.4) is 0 Å². The number of nitrogens with one attached hydrogen (secondary N) is 1. The lowest BCUT2D eigenvalue weighted by atomic mass is 9.99. The Balaban J connectivity index is 2.25. The van der Waals surface area contributed by atoms with Crippen molar-refractivity contribution in [3.05, 3.63) is 24.3 Å². The van der Waals surface area contributed by atoms with Gasteiger partial charge < -0.3 is 15.1 Å². The first-order valence-electron chi connectivity index (χ1n) is 6.84. The Morgan fingerprint density at radius 2 is 2.11 bits per heavy atom. The van der Waals surface area contributed by atoms with Gasteiger partial charge in [-0.1, -0.05) is 19.9 Å². The van der Waals surface area contributed by atoms with Crippen molar-refractivity contribution in [3.8, 4) is 0 Å². The van der Waals surface area contributed by atoms with E-state index in [9.17, 15) is 0 Å². The molecule has 0 radical (unpaired) electrons. The molecule has 3 heteroatoms. The van der Waals surface area contributed by atoms with Gasteiger partial charge in [0.2, 0.25) is 0 Å². The minimum atomic E-state index is 0.594. The highest BCUT2D eigenvalue weighted by atomic mass is 15.2. The zero-order valence-electron chi connectivity index (χ0n) is 12.0. The molecule has 1 aromatic rings. The first-order chi connectivity index (χ1) is 8.59. The largest absolute Gasteiger partial charge is 0.378 e. The molecule has 1 saturated heterocycles. The van der Waals surface area contributed by atoms with Gasteiger partial charge in [0.05, 0.1) is 0 Å². The quantitative estimate of drug-likeness (QED) is 0.883. The average molecular weight is 247 g/mol. The van der Waals surface area contributed by atoms with Crippen LogP contribution in [0.2, 0.25) is 0 Å². The molecule has 1 unspecified atom stereocenters. The van der Waals surface area contributed by atoms with E-state index in [0.29, 0.717) is 12.0 Å². The van der Waals surface area contributed by atoms with Gasteiger partial charge in [0, 0.05) is 51.1 Å². The maximum Gasteiger partial charge on any atom is 0.0438 e. The van der Waals surface area contributed by atoms with Crippen LogP contribution >= 0.6 is 0 Å². The third-order valence-electron chi connectivity index (χ3n) is 3.73. The van der Waals surface area contributed by atoms with Gasteiger partial charge in [-0.15, -0.1) is 0 Å². The topological polar surface area (TPSA) is 18.5 Å². The molecular formula is C15H25N3. The predicted octanol–water partition coefficient (Wildman–Crippen LogP) is 2.19. The summed E-state index contributed by atoms with van der Waals surface area (Å²) >= 11 is 0. The van der Waals surface area contributed by atoms with Crippen molar-refractivity contribution in [2.75, 3.05) is 43.5 Å². The molecule has 100 valence electrons. The Labute approximate surface area is 111 Å². The van der Waals surface area contributed by atoms with Gasteiger partial charge in [-0.05, 0) is 24.1 Å². The summed E-state index contributed by atoms with van der Waals surface area (Å²) < 4.78 is 0. The van der Waals surface area contributed by atoms with Crippen molar-refractivity contribution in [1.29, 1.82) is 0 Å². The molecular weight excluding hydrogens is 222 g/mol. The molecule has 1 aromatic carbocycles. The maximum atomic E-state index is 3.50. The third kappa shape index (κ3) is 2.78. The molecule has 0 spiro atoms. The van der Waals surface area contributed by atoms with E-state index in [0.717, 1.165) is 19.6 Å². The second-order valence-corrected chi connectivity index (χ2v) is 5.62. The Morgan fingerprint density at radius 1 is 1.33 bits per heavy atom. The number of piperazine rings is 1. The molecule has 1 fully saturated rings. The van der Waals surface area contributed by atoms with Crippen molar-refractivity contribution in [2.45, 2.75) is 19.9 Å². The first-order valence-corrected chi connectivity index (χ1v) is 6.84. The van der Waals surface area contributed by atoms with Crippen LogP contribution in [0, 0.1) is 5.92 Å². The molecule has 1 N–H and O–H groups in total. The number of hydrogen-bond donors (Lipinski definition) is 1. The zero-order valence-corrected chi connectivity index (χ0v) is 12.0. The third-order valence-corrected chi connectivity index (χ3v) is 3.73. The number of nitrogens with zero attached hydrogens (tertiary/aromatic N) is 2. The second kappa shape index (κ2) is 5.61. The normalized spacial score (nSPS) is 20.3. The molecule has 2 rings (SSSR count). The molecule has 0 bridgehead atoms. The highest BCUT2D eigenvalue weighted by Gasteiger charge is 2.25. The molecule has 0 aliphatic carbocycles. The van der Waals surface area contributed by atoms with Gasteiger partial charge >= 0.3 is 0 Å². The summed E-state index contributed by atoms with van der Waals surface area (Å²) in [5.74, 6) is 0.667. The van der Waals surface area contributed by atoms with Gasteiger partial charge in [-0.25, -0.2) is 0 Å². The van der Waals surface area contributed by atoms with Crippen LogP contribution in [0.5, 0.6) is 0 Å². The van der Waals surface area contributed by atoms with Gasteiger partial charge in [-0.3, -0.25) is 0 Å². The van der Waals surface area contributed by atoms with Crippen LogP contribution in [-0.2, 0) is 0 Å². The summed E-state index contributed by atoms with van der Waals surface area (Å²) in [5, 5.41) is 3.50. The van der Waals surface area contributed by atoms with Gasteiger partial charge in [-0.2, -0.15) is 0 Å². The van der Waals surface area contributed by atoms with Gasteiger partial charge in [0.15, 0.2) is 0 Å². The maximum absolute atomic E-state index is 3.50. The highest BCUT2D eigenvalue weighted by molar-refractivity contribution is 5.59. The van der Waals surface area contributed by atoms with E-state index in [1.165, 1.54) is 11.4 Å². The van der Waals surface area contributed by atoms with Gasteiger partial charge in [0.25, 0.3) is 0 Å². The number of rotatable bonds is 3. The number of benzene rings is 1. The SMILES string of the molecule is CC(C)C1CNCCN1c1cccc(N(C)C)c1. The fourth-order valence-electron chi connectivity index (χ4n) is 2.59. The van der Waals surface area contributed by atoms with E-state index in [4.69, 9.17) is 0 Å². The molecule has 1 aliphatic rings. The molecule has 1 heterocycles. The minimum Gasteiger partial charge on any atom is -0.378 e. The molecule has 0 aromatic heterocycles. The second-order valence-electron chi connectivity index (χ2n) is 5.62. The van der Waals surface area contributed by atoms with Crippen LogP contribution in [0.4, 0.5) is 11.4 Å². The molecule has 1 atom stereocenters. The lowest BCUT2D eigenvalue weighted by Gasteiger charge is -2.40. The van der Waals surface area contributed by atoms with Crippen LogP contribution < -0.4 is 15.1 Å². The van der Waals surface area contributed by atoms with Crippen molar-refractivity contribution < 1.29 is 0 Å². The average Bonchev–Trinajstić information content (AvgIpc) is 2.39. The standard InChI is InChI=1S/C15H25N3/c1-12(2)15-11-16-8-9-18(15)14-7-5-6-13(10-14)17(3)4/h5-7,10,12,15-16H,8-9,11H2,1-4H3. The van der Waals surface area contributed by atoms with E-state index < -0.39 is 0 Å². The monoisotopic (exact) mass is 247 g/mol. The van der Waals surface area contributed by atoms with Crippen LogP contribution in [-0.4, -0.2) is 39.8 Å². The number of anilines is 2. The Kier molecular flexibility index (Phi) is 4.12. The van der Waals surface area contributed by atoms with Crippen LogP contribution in [0.15, 0.2) is 24.3 Å². The fourth-order valence-corrected chi connectivity index (χ4v) is 2.59. The minimum absolute atomic E-state index is 0.594. The summed E-state index contributed by atoms with van der Waals surface area (Å²) in [6.45, 7) is 7.87. The fraction of sp³-hybridized carbons (Fsp3) is 0.600. The summed E-state index contributed by atoms with van der Waals surface area (Å²) in [4.78, 5) is 4.71. The Bertz CT molecular complexity index is 387. The van der Waals surface area contributed by atoms with Crippen LogP contribution in [0.25, 0.3) is 0 Å². The zero-order chi connectivity index (χ0) is 13.1. The lowest BCUT2D eigenvalue weighted by Crippen LogP contribution is -2.53. The van der Waals surface area contributed by atoms with Crippen molar-refractivity contribution in [1.82, 2.24) is 5.32 Å². The summed E-state index contributed by atoms with van der Waals surface area (Å²) in [5.41, 5.74) is 2.62. The summed E-state index contributed by atoms with van der Waals surface area (Å²) in [6.07, 6.45) is 0. The first kappa shape index (κ1) is 13.2. The van der Waals surface area contributed by atoms with E-state index in [-0.39, 0.29) is 0 Å². The van der Waals surface area contributed by atoms with E-state index in [2.05, 4.69) is 67.3 Å². The highest BCUT2D eigenvalue weighted by Crippen LogP contribution is 2.25. The summed E-state index contributed by atoms with van der Waals surface area (Å²) in [7, 11) is 4.19. The van der Waals surface area contributed by atoms with E-state index in [1.807, 2.05) is 0 Å². The smallest absolute Gasteiger partial charge is 0.0438 e. The molecule has 0 amide bonds. The molecule has 18 heavy (non-hydrogen) atoms. The Hall–Kier alpha value is -1.22. The van der Waals surface area contributed by atoms with Crippen molar-refractivity contribution in [3.63, 3.8) is 0 Å². The lowest BCUT2D eigenvalue weighted by molar-refractivity contribution is 0.390. The molecule has 3 nitrogen and oxygen atoms in total. The molecule has 0 saturated carbocycles. The summed E-state index contributed by atoms with van der Waals surface area (Å²) in [6, 6.07) is 9.44.